The fraction of sp³-hybridized carbons (Fsp3) is 0. The molecule has 0 saturated carbocycles. The second kappa shape index (κ2) is 4.91. The number of nitrogens with two attached hydrogens (primary N) is 1. The van der Waals surface area contributed by atoms with Crippen LogP contribution >= 0.6 is 0 Å². The van der Waals surface area contributed by atoms with E-state index in [1.54, 1.807) is 6.07 Å². The summed E-state index contributed by atoms with van der Waals surface area (Å²) in [5.41, 5.74) is 3.46. The Morgan fingerprint density at radius 3 is 2.47 bits per heavy atom. The van der Waals surface area contributed by atoms with Crippen LogP contribution in [0.15, 0.2) is 54.9 Å². The van der Waals surface area contributed by atoms with Gasteiger partial charge >= 0.3 is 0 Å². The number of rotatable bonds is 3. The molecule has 0 fully saturated rings. The van der Waals surface area contributed by atoms with E-state index in [2.05, 4.69) is 45.0 Å². The molecule has 0 radical (unpaired) electrons. The molecule has 19 heavy (non-hydrogen) atoms. The zero-order valence-electron chi connectivity index (χ0n) is 10.2. The molecular weight excluding hydrogens is 238 g/mol. The number of anilines is 3. The Bertz CT molecular complexity index is 711. The van der Waals surface area contributed by atoms with Gasteiger partial charge in [-0.3, -0.25) is 0 Å². The number of aromatic nitrogens is 2. The fourth-order valence-corrected chi connectivity index (χ4v) is 1.92. The predicted octanol–water partition coefficient (Wildman–Crippen LogP) is 2.66. The first-order chi connectivity index (χ1) is 9.35. The van der Waals surface area contributed by atoms with E-state index in [4.69, 9.17) is 5.84 Å². The third kappa shape index (κ3) is 2.46. The van der Waals surface area contributed by atoms with E-state index in [1.165, 1.54) is 17.1 Å². The number of nitrogens with zero attached hydrogens (tertiary/aromatic N) is 2. The Kier molecular flexibility index (Phi) is 2.96. The van der Waals surface area contributed by atoms with Crippen molar-refractivity contribution in [3.8, 4) is 0 Å². The highest BCUT2D eigenvalue weighted by atomic mass is 15.3. The quantitative estimate of drug-likeness (QED) is 0.493. The maximum Gasteiger partial charge on any atom is 0.145 e. The molecule has 1 heterocycles. The van der Waals surface area contributed by atoms with Gasteiger partial charge in [0.15, 0.2) is 0 Å². The van der Waals surface area contributed by atoms with E-state index in [0.29, 0.717) is 11.6 Å². The lowest BCUT2D eigenvalue weighted by Gasteiger charge is -2.07. The first-order valence-corrected chi connectivity index (χ1v) is 5.90. The van der Waals surface area contributed by atoms with Gasteiger partial charge in [0.2, 0.25) is 0 Å². The van der Waals surface area contributed by atoms with Crippen LogP contribution in [0.5, 0.6) is 0 Å². The molecule has 4 N–H and O–H groups in total. The van der Waals surface area contributed by atoms with E-state index in [9.17, 15) is 0 Å². The van der Waals surface area contributed by atoms with Gasteiger partial charge in [0.1, 0.15) is 18.0 Å². The summed E-state index contributed by atoms with van der Waals surface area (Å²) in [5, 5.41) is 5.61. The Hall–Kier alpha value is -2.66. The maximum atomic E-state index is 5.32. The third-order valence-corrected chi connectivity index (χ3v) is 2.84. The van der Waals surface area contributed by atoms with Crippen LogP contribution in [0.2, 0.25) is 0 Å². The van der Waals surface area contributed by atoms with Crippen LogP contribution in [0.4, 0.5) is 17.3 Å². The summed E-state index contributed by atoms with van der Waals surface area (Å²) in [7, 11) is 0. The van der Waals surface area contributed by atoms with E-state index in [0.717, 1.165) is 5.69 Å². The molecule has 0 aliphatic carbocycles. The zero-order chi connectivity index (χ0) is 13.1. The molecule has 0 spiro atoms. The molecule has 0 aliphatic rings. The summed E-state index contributed by atoms with van der Waals surface area (Å²) in [4.78, 5) is 8.11. The van der Waals surface area contributed by atoms with Crippen LogP contribution in [0, 0.1) is 0 Å². The van der Waals surface area contributed by atoms with E-state index in [-0.39, 0.29) is 0 Å². The number of benzene rings is 2. The van der Waals surface area contributed by atoms with Crippen molar-refractivity contribution < 1.29 is 0 Å². The van der Waals surface area contributed by atoms with Crippen molar-refractivity contribution in [2.75, 3.05) is 10.7 Å². The molecule has 5 heteroatoms. The minimum Gasteiger partial charge on any atom is -0.340 e. The Balaban J connectivity index is 1.92. The van der Waals surface area contributed by atoms with E-state index >= 15 is 0 Å². The second-order valence-electron chi connectivity index (χ2n) is 4.12. The van der Waals surface area contributed by atoms with Crippen LogP contribution in [-0.4, -0.2) is 9.97 Å². The molecule has 0 bridgehead atoms. The minimum absolute atomic E-state index is 0.568. The highest BCUT2D eigenvalue weighted by Crippen LogP contribution is 2.21. The van der Waals surface area contributed by atoms with Crippen molar-refractivity contribution in [2.45, 2.75) is 0 Å². The lowest BCUT2D eigenvalue weighted by Crippen LogP contribution is -2.09. The average Bonchev–Trinajstić information content (AvgIpc) is 2.47. The first-order valence-electron chi connectivity index (χ1n) is 5.90. The van der Waals surface area contributed by atoms with Crippen molar-refractivity contribution in [2.24, 2.45) is 5.84 Å². The summed E-state index contributed by atoms with van der Waals surface area (Å²) in [6, 6.07) is 16.1. The largest absolute Gasteiger partial charge is 0.340 e. The van der Waals surface area contributed by atoms with Crippen LogP contribution in [0.25, 0.3) is 10.8 Å². The number of hydrogen-bond acceptors (Lipinski definition) is 5. The Morgan fingerprint density at radius 2 is 1.63 bits per heavy atom. The summed E-state index contributed by atoms with van der Waals surface area (Å²) in [6.45, 7) is 0. The molecule has 5 nitrogen and oxygen atoms in total. The third-order valence-electron chi connectivity index (χ3n) is 2.84. The van der Waals surface area contributed by atoms with E-state index in [1.807, 2.05) is 18.2 Å². The summed E-state index contributed by atoms with van der Waals surface area (Å²) in [5.74, 6) is 6.58. The maximum absolute atomic E-state index is 5.32. The smallest absolute Gasteiger partial charge is 0.145 e. The number of fused-ring (bicyclic) bond motifs is 1. The summed E-state index contributed by atoms with van der Waals surface area (Å²) >= 11 is 0. The lowest BCUT2D eigenvalue weighted by molar-refractivity contribution is 1.14. The molecule has 94 valence electrons. The van der Waals surface area contributed by atoms with Gasteiger partial charge in [-0.2, -0.15) is 0 Å². The molecule has 0 amide bonds. The van der Waals surface area contributed by atoms with Crippen LogP contribution < -0.4 is 16.6 Å². The Morgan fingerprint density at radius 1 is 0.842 bits per heavy atom. The normalized spacial score (nSPS) is 10.4. The van der Waals surface area contributed by atoms with Gasteiger partial charge in [0, 0.05) is 11.8 Å². The molecule has 3 rings (SSSR count). The van der Waals surface area contributed by atoms with Gasteiger partial charge in [0.25, 0.3) is 0 Å². The van der Waals surface area contributed by atoms with E-state index < -0.39 is 0 Å². The summed E-state index contributed by atoms with van der Waals surface area (Å²) < 4.78 is 0. The SMILES string of the molecule is NNc1cc(Nc2ccc3ccccc3c2)ncn1. The predicted molar refractivity (Wildman–Crippen MR) is 77.1 cm³/mol. The molecule has 0 aliphatic heterocycles. The van der Waals surface area contributed by atoms with Gasteiger partial charge in [-0.25, -0.2) is 15.8 Å². The van der Waals surface area contributed by atoms with Crippen LogP contribution in [0.3, 0.4) is 0 Å². The lowest BCUT2D eigenvalue weighted by atomic mass is 10.1. The molecule has 2 aromatic carbocycles. The van der Waals surface area contributed by atoms with Crippen molar-refractivity contribution >= 4 is 28.1 Å². The minimum atomic E-state index is 0.568. The molecule has 0 unspecified atom stereocenters. The standard InChI is InChI=1S/C14H13N5/c15-19-14-8-13(16-9-17-14)18-12-6-5-10-3-1-2-4-11(10)7-12/h1-9H,15H2,(H2,16,17,18,19). The van der Waals surface area contributed by atoms with Gasteiger partial charge in [0.05, 0.1) is 0 Å². The number of hydrazine groups is 1. The van der Waals surface area contributed by atoms with Gasteiger partial charge < -0.3 is 10.7 Å². The zero-order valence-corrected chi connectivity index (χ0v) is 10.2. The Labute approximate surface area is 110 Å². The molecular formula is C14H13N5. The molecule has 3 aromatic rings. The van der Waals surface area contributed by atoms with Crippen LogP contribution in [0.1, 0.15) is 0 Å². The van der Waals surface area contributed by atoms with Crippen LogP contribution in [-0.2, 0) is 0 Å². The molecule has 0 saturated heterocycles. The number of nitrogen functional groups attached to an aromatic ring is 1. The van der Waals surface area contributed by atoms with Crippen molar-refractivity contribution in [1.82, 2.24) is 9.97 Å². The van der Waals surface area contributed by atoms with Crippen molar-refractivity contribution in [3.63, 3.8) is 0 Å². The van der Waals surface area contributed by atoms with Crippen molar-refractivity contribution in [1.29, 1.82) is 0 Å². The number of nitrogens with one attached hydrogen (secondary N) is 2. The topological polar surface area (TPSA) is 75.9 Å². The average molecular weight is 251 g/mol. The molecule has 1 aromatic heterocycles. The highest BCUT2D eigenvalue weighted by Gasteiger charge is 1.99. The second-order valence-corrected chi connectivity index (χ2v) is 4.12. The number of hydrogen-bond donors (Lipinski definition) is 3. The van der Waals surface area contributed by atoms with Gasteiger partial charge in [-0.05, 0) is 22.9 Å². The molecule has 0 atom stereocenters. The van der Waals surface area contributed by atoms with Crippen molar-refractivity contribution in [3.05, 3.63) is 54.9 Å². The van der Waals surface area contributed by atoms with Gasteiger partial charge in [-0.1, -0.05) is 30.3 Å². The van der Waals surface area contributed by atoms with Gasteiger partial charge in [-0.15, -0.1) is 0 Å². The fourth-order valence-electron chi connectivity index (χ4n) is 1.92. The highest BCUT2D eigenvalue weighted by molar-refractivity contribution is 5.86. The monoisotopic (exact) mass is 251 g/mol. The first kappa shape index (κ1) is 11.4. The summed E-state index contributed by atoms with van der Waals surface area (Å²) in [6.07, 6.45) is 1.46.